The van der Waals surface area contributed by atoms with Crippen LogP contribution in [0.4, 0.5) is 0 Å². The number of carboxylic acids is 2. The van der Waals surface area contributed by atoms with E-state index in [-0.39, 0.29) is 0 Å². The molecule has 30 heavy (non-hydrogen) atoms. The molecule has 164 valence electrons. The van der Waals surface area contributed by atoms with Crippen molar-refractivity contribution in [3.8, 4) is 0 Å². The SMILES string of the molecule is CC(C)CN(Cc1sc2ccccc2c1Cl)C1CCNCC1.O=C(O)C=CC(=O)O. The highest BCUT2D eigenvalue weighted by molar-refractivity contribution is 7.19. The summed E-state index contributed by atoms with van der Waals surface area (Å²) in [6.45, 7) is 9.02. The Labute approximate surface area is 186 Å². The molecule has 2 aromatic rings. The van der Waals surface area contributed by atoms with Crippen molar-refractivity contribution < 1.29 is 19.8 Å². The van der Waals surface area contributed by atoms with Gasteiger partial charge in [0.1, 0.15) is 0 Å². The number of carboxylic acid groups (broad SMARTS) is 2. The van der Waals surface area contributed by atoms with Crippen LogP contribution in [0.15, 0.2) is 36.4 Å². The number of halogens is 1. The molecule has 1 aliphatic rings. The van der Waals surface area contributed by atoms with Gasteiger partial charge in [-0.1, -0.05) is 43.6 Å². The average molecular weight is 453 g/mol. The zero-order valence-corrected chi connectivity index (χ0v) is 18.9. The number of rotatable bonds is 7. The number of thiophene rings is 1. The molecule has 1 fully saturated rings. The lowest BCUT2D eigenvalue weighted by Gasteiger charge is -2.35. The number of piperidine rings is 1. The second kappa shape index (κ2) is 12.1. The molecular weight excluding hydrogens is 424 g/mol. The number of aliphatic carboxylic acids is 2. The molecule has 0 radical (unpaired) electrons. The average Bonchev–Trinajstić information content (AvgIpc) is 3.02. The molecule has 6 nitrogen and oxygen atoms in total. The number of carbonyl (C=O) groups is 2. The Morgan fingerprint density at radius 3 is 2.33 bits per heavy atom. The van der Waals surface area contributed by atoms with E-state index < -0.39 is 11.9 Å². The molecule has 1 aromatic heterocycles. The molecule has 0 amide bonds. The van der Waals surface area contributed by atoms with Gasteiger partial charge in [0.15, 0.2) is 0 Å². The highest BCUT2D eigenvalue weighted by Gasteiger charge is 2.23. The van der Waals surface area contributed by atoms with Crippen LogP contribution in [0.1, 0.15) is 31.6 Å². The summed E-state index contributed by atoms with van der Waals surface area (Å²) in [6, 6.07) is 9.16. The van der Waals surface area contributed by atoms with Crippen molar-refractivity contribution in [1.82, 2.24) is 10.2 Å². The van der Waals surface area contributed by atoms with Gasteiger partial charge in [-0.05, 0) is 37.9 Å². The maximum atomic E-state index is 9.55. The van der Waals surface area contributed by atoms with Crippen molar-refractivity contribution in [3.05, 3.63) is 46.3 Å². The lowest BCUT2D eigenvalue weighted by Crippen LogP contribution is -2.44. The van der Waals surface area contributed by atoms with Crippen LogP contribution >= 0.6 is 22.9 Å². The summed E-state index contributed by atoms with van der Waals surface area (Å²) in [7, 11) is 0. The van der Waals surface area contributed by atoms with Crippen LogP contribution in [0.25, 0.3) is 10.1 Å². The molecule has 3 rings (SSSR count). The van der Waals surface area contributed by atoms with Crippen LogP contribution in [-0.2, 0) is 16.1 Å². The molecule has 1 saturated heterocycles. The first-order valence-corrected chi connectivity index (χ1v) is 11.2. The molecule has 3 N–H and O–H groups in total. The molecule has 0 saturated carbocycles. The number of benzene rings is 1. The first-order chi connectivity index (χ1) is 14.3. The number of nitrogens with one attached hydrogen (secondary N) is 1. The third-order valence-electron chi connectivity index (χ3n) is 4.74. The van der Waals surface area contributed by atoms with Crippen LogP contribution < -0.4 is 5.32 Å². The molecule has 0 aliphatic carbocycles. The van der Waals surface area contributed by atoms with Crippen molar-refractivity contribution >= 4 is 45.0 Å². The first-order valence-electron chi connectivity index (χ1n) is 10.0. The lowest BCUT2D eigenvalue weighted by atomic mass is 10.0. The van der Waals surface area contributed by atoms with Gasteiger partial charge in [-0.15, -0.1) is 11.3 Å². The van der Waals surface area contributed by atoms with E-state index in [9.17, 15) is 9.59 Å². The van der Waals surface area contributed by atoms with Crippen LogP contribution in [0.2, 0.25) is 5.02 Å². The monoisotopic (exact) mass is 452 g/mol. The Bertz CT molecular complexity index is 859. The number of hydrogen-bond acceptors (Lipinski definition) is 5. The fourth-order valence-corrected chi connectivity index (χ4v) is 5.00. The predicted octanol–water partition coefficient (Wildman–Crippen LogP) is 4.48. The van der Waals surface area contributed by atoms with Gasteiger partial charge < -0.3 is 15.5 Å². The van der Waals surface area contributed by atoms with Gasteiger partial charge in [-0.3, -0.25) is 4.90 Å². The summed E-state index contributed by atoms with van der Waals surface area (Å²) >= 11 is 8.50. The molecule has 8 heteroatoms. The number of nitrogens with zero attached hydrogens (tertiary/aromatic N) is 1. The Hall–Kier alpha value is -1.93. The third-order valence-corrected chi connectivity index (χ3v) is 6.44. The molecule has 1 aromatic carbocycles. The number of fused-ring (bicyclic) bond motifs is 1. The topological polar surface area (TPSA) is 89.9 Å². The molecule has 0 spiro atoms. The molecule has 2 heterocycles. The molecule has 0 unspecified atom stereocenters. The summed E-state index contributed by atoms with van der Waals surface area (Å²) < 4.78 is 1.30. The quantitative estimate of drug-likeness (QED) is 0.537. The van der Waals surface area contributed by atoms with E-state index in [0.717, 1.165) is 31.2 Å². The summed E-state index contributed by atoms with van der Waals surface area (Å²) in [5.41, 5.74) is 0. The standard InChI is InChI=1S/C18H25ClN2S.C4H4O4/c1-13(2)11-21(14-7-9-20-10-8-14)12-17-18(19)15-5-3-4-6-16(15)22-17;5-3(6)1-2-4(7)8/h3-6,13-14,20H,7-12H2,1-2H3;1-2H,(H,5,6)(H,7,8). The fraction of sp³-hybridized carbons (Fsp3) is 0.455. The van der Waals surface area contributed by atoms with Crippen molar-refractivity contribution in [2.75, 3.05) is 19.6 Å². The smallest absolute Gasteiger partial charge is 0.328 e. The van der Waals surface area contributed by atoms with Gasteiger partial charge in [-0.2, -0.15) is 0 Å². The summed E-state index contributed by atoms with van der Waals surface area (Å²) in [6.07, 6.45) is 3.61. The Morgan fingerprint density at radius 2 is 1.80 bits per heavy atom. The van der Waals surface area contributed by atoms with Gasteiger partial charge >= 0.3 is 11.9 Å². The van der Waals surface area contributed by atoms with E-state index in [1.807, 2.05) is 11.3 Å². The van der Waals surface area contributed by atoms with E-state index in [1.54, 1.807) is 0 Å². The van der Waals surface area contributed by atoms with Crippen molar-refractivity contribution in [2.24, 2.45) is 5.92 Å². The van der Waals surface area contributed by atoms with E-state index in [2.05, 4.69) is 48.3 Å². The Morgan fingerprint density at radius 1 is 1.20 bits per heavy atom. The highest BCUT2D eigenvalue weighted by atomic mass is 35.5. The van der Waals surface area contributed by atoms with E-state index in [4.69, 9.17) is 21.8 Å². The van der Waals surface area contributed by atoms with E-state index >= 15 is 0 Å². The van der Waals surface area contributed by atoms with Crippen LogP contribution in [0, 0.1) is 5.92 Å². The zero-order valence-electron chi connectivity index (χ0n) is 17.3. The predicted molar refractivity (Wildman–Crippen MR) is 122 cm³/mol. The minimum absolute atomic E-state index is 0.558. The van der Waals surface area contributed by atoms with E-state index in [0.29, 0.717) is 24.1 Å². The van der Waals surface area contributed by atoms with Crippen LogP contribution in [0.5, 0.6) is 0 Å². The third kappa shape index (κ3) is 7.72. The summed E-state index contributed by atoms with van der Waals surface area (Å²) in [4.78, 5) is 23.1. The number of hydrogen-bond donors (Lipinski definition) is 3. The summed E-state index contributed by atoms with van der Waals surface area (Å²) in [5.74, 6) is -1.83. The summed E-state index contributed by atoms with van der Waals surface area (Å²) in [5, 5.41) is 21.3. The largest absolute Gasteiger partial charge is 0.478 e. The van der Waals surface area contributed by atoms with Crippen molar-refractivity contribution in [1.29, 1.82) is 0 Å². The fourth-order valence-electron chi connectivity index (χ4n) is 3.48. The van der Waals surface area contributed by atoms with Gasteiger partial charge in [0.25, 0.3) is 0 Å². The second-order valence-electron chi connectivity index (χ2n) is 7.65. The van der Waals surface area contributed by atoms with Gasteiger partial charge in [0, 0.05) is 46.2 Å². The zero-order chi connectivity index (χ0) is 22.1. The molecule has 0 bridgehead atoms. The second-order valence-corrected chi connectivity index (χ2v) is 9.16. The first kappa shape index (κ1) is 24.3. The van der Waals surface area contributed by atoms with Gasteiger partial charge in [-0.25, -0.2) is 9.59 Å². The minimum Gasteiger partial charge on any atom is -0.478 e. The van der Waals surface area contributed by atoms with Gasteiger partial charge in [0.05, 0.1) is 5.02 Å². The van der Waals surface area contributed by atoms with Crippen molar-refractivity contribution in [3.63, 3.8) is 0 Å². The van der Waals surface area contributed by atoms with Crippen LogP contribution in [0.3, 0.4) is 0 Å². The minimum atomic E-state index is -1.26. The normalized spacial score (nSPS) is 15.0. The Kier molecular flexibility index (Phi) is 9.78. The molecular formula is C22H29ClN2O4S. The molecule has 1 aliphatic heterocycles. The Balaban J connectivity index is 0.000000343. The van der Waals surface area contributed by atoms with Crippen molar-refractivity contribution in [2.45, 2.75) is 39.3 Å². The maximum Gasteiger partial charge on any atom is 0.328 e. The van der Waals surface area contributed by atoms with Gasteiger partial charge in [0.2, 0.25) is 0 Å². The maximum absolute atomic E-state index is 9.55. The highest BCUT2D eigenvalue weighted by Crippen LogP contribution is 2.36. The lowest BCUT2D eigenvalue weighted by molar-refractivity contribution is -0.134. The molecule has 0 atom stereocenters. The van der Waals surface area contributed by atoms with E-state index in [1.165, 1.54) is 27.8 Å². The van der Waals surface area contributed by atoms with Crippen LogP contribution in [-0.4, -0.2) is 52.7 Å².